The lowest BCUT2D eigenvalue weighted by atomic mass is 10.1. The van der Waals surface area contributed by atoms with E-state index in [2.05, 4.69) is 115 Å². The molecule has 0 saturated carbocycles. The van der Waals surface area contributed by atoms with Crippen LogP contribution in [0.4, 0.5) is 0 Å². The number of ether oxygens (including phenoxy) is 1. The fourth-order valence-corrected chi connectivity index (χ4v) is 3.96. The van der Waals surface area contributed by atoms with Crippen molar-refractivity contribution in [1.29, 1.82) is 0 Å². The van der Waals surface area contributed by atoms with Crippen LogP contribution in [0.5, 0.6) is 5.75 Å². The molecule has 0 spiro atoms. The first-order valence-electron chi connectivity index (χ1n) is 11.6. The Morgan fingerprint density at radius 3 is 1.32 bits per heavy atom. The SMILES string of the molecule is COc1ccc(C=Cc2ccc(C=Cc3ccc(CNCc4ccc([SiH3])cc4)cc3)cc2)cc1. The van der Waals surface area contributed by atoms with E-state index in [4.69, 9.17) is 4.74 Å². The highest BCUT2D eigenvalue weighted by atomic mass is 28.1. The second-order valence-electron chi connectivity index (χ2n) is 8.44. The van der Waals surface area contributed by atoms with Gasteiger partial charge in [-0.15, -0.1) is 0 Å². The molecule has 34 heavy (non-hydrogen) atoms. The standard InChI is InChI=1S/C31H31NOSi/c1-33-30-18-14-27(15-19-30)9-8-25-4-2-24(3-5-25)6-7-26-10-12-28(13-11-26)22-32-23-29-16-20-31(34)21-17-29/h2-21,32H,22-23H2,1,34H3. The van der Waals surface area contributed by atoms with Gasteiger partial charge in [-0.3, -0.25) is 0 Å². The Morgan fingerprint density at radius 1 is 0.559 bits per heavy atom. The second kappa shape index (κ2) is 12.0. The van der Waals surface area contributed by atoms with Gasteiger partial charge in [0.15, 0.2) is 0 Å². The van der Waals surface area contributed by atoms with Crippen LogP contribution in [0.2, 0.25) is 0 Å². The molecule has 0 radical (unpaired) electrons. The van der Waals surface area contributed by atoms with Crippen molar-refractivity contribution in [2.45, 2.75) is 13.1 Å². The van der Waals surface area contributed by atoms with Crippen LogP contribution in [0, 0.1) is 0 Å². The van der Waals surface area contributed by atoms with Gasteiger partial charge < -0.3 is 10.1 Å². The third-order valence-electron chi connectivity index (χ3n) is 5.75. The van der Waals surface area contributed by atoms with Crippen molar-refractivity contribution in [3.8, 4) is 5.75 Å². The van der Waals surface area contributed by atoms with Gasteiger partial charge in [0.05, 0.1) is 7.11 Å². The predicted octanol–water partition coefficient (Wildman–Crippen LogP) is 5.32. The Bertz CT molecular complexity index is 1220. The fourth-order valence-electron chi connectivity index (χ4n) is 3.62. The monoisotopic (exact) mass is 461 g/mol. The summed E-state index contributed by atoms with van der Waals surface area (Å²) in [6, 6.07) is 34.3. The molecule has 0 aliphatic heterocycles. The van der Waals surface area contributed by atoms with E-state index in [9.17, 15) is 0 Å². The number of methoxy groups -OCH3 is 1. The molecule has 0 heterocycles. The smallest absolute Gasteiger partial charge is 0.118 e. The van der Waals surface area contributed by atoms with Crippen LogP contribution in [-0.2, 0) is 13.1 Å². The maximum absolute atomic E-state index is 5.21. The van der Waals surface area contributed by atoms with E-state index < -0.39 is 0 Å². The zero-order valence-electron chi connectivity index (χ0n) is 19.9. The number of benzene rings is 4. The highest BCUT2D eigenvalue weighted by Gasteiger charge is 1.96. The molecule has 170 valence electrons. The van der Waals surface area contributed by atoms with Gasteiger partial charge in [0, 0.05) is 23.3 Å². The summed E-state index contributed by atoms with van der Waals surface area (Å²) in [6.07, 6.45) is 8.56. The molecule has 0 aromatic heterocycles. The number of hydrogen-bond acceptors (Lipinski definition) is 2. The minimum atomic E-state index is 0.873. The van der Waals surface area contributed by atoms with Gasteiger partial charge in [-0.25, -0.2) is 0 Å². The fraction of sp³-hybridized carbons (Fsp3) is 0.0968. The summed E-state index contributed by atoms with van der Waals surface area (Å²) < 4.78 is 5.21. The van der Waals surface area contributed by atoms with Crippen LogP contribution >= 0.6 is 0 Å². The molecule has 0 bridgehead atoms. The summed E-state index contributed by atoms with van der Waals surface area (Å²) in [4.78, 5) is 0. The molecular formula is C31H31NOSi. The van der Waals surface area contributed by atoms with Crippen molar-refractivity contribution in [2.75, 3.05) is 7.11 Å². The van der Waals surface area contributed by atoms with Gasteiger partial charge >= 0.3 is 0 Å². The van der Waals surface area contributed by atoms with Crippen molar-refractivity contribution < 1.29 is 4.74 Å². The summed E-state index contributed by atoms with van der Waals surface area (Å²) in [6.45, 7) is 1.77. The molecule has 3 heteroatoms. The predicted molar refractivity (Wildman–Crippen MR) is 150 cm³/mol. The third-order valence-corrected chi connectivity index (χ3v) is 6.41. The minimum Gasteiger partial charge on any atom is -0.497 e. The summed E-state index contributed by atoms with van der Waals surface area (Å²) in [5, 5.41) is 4.96. The van der Waals surface area contributed by atoms with Crippen molar-refractivity contribution >= 4 is 39.7 Å². The minimum absolute atomic E-state index is 0.873. The van der Waals surface area contributed by atoms with Crippen LogP contribution in [0.3, 0.4) is 0 Å². The molecule has 0 saturated heterocycles. The van der Waals surface area contributed by atoms with Gasteiger partial charge in [0.2, 0.25) is 0 Å². The highest BCUT2D eigenvalue weighted by Crippen LogP contribution is 2.15. The summed E-state index contributed by atoms with van der Waals surface area (Å²) in [5.74, 6) is 0.874. The maximum atomic E-state index is 5.21. The Balaban J connectivity index is 1.27. The van der Waals surface area contributed by atoms with Gasteiger partial charge in [-0.1, -0.05) is 114 Å². The van der Waals surface area contributed by atoms with Crippen molar-refractivity contribution in [3.63, 3.8) is 0 Å². The maximum Gasteiger partial charge on any atom is 0.118 e. The van der Waals surface area contributed by atoms with Gasteiger partial charge in [-0.05, 0) is 45.5 Å². The molecule has 4 aromatic carbocycles. The van der Waals surface area contributed by atoms with Crippen LogP contribution in [-0.4, -0.2) is 17.4 Å². The normalized spacial score (nSPS) is 11.4. The molecule has 0 aliphatic rings. The van der Waals surface area contributed by atoms with E-state index in [1.807, 2.05) is 12.1 Å². The Morgan fingerprint density at radius 2 is 0.912 bits per heavy atom. The lowest BCUT2D eigenvalue weighted by Gasteiger charge is -2.06. The van der Waals surface area contributed by atoms with Gasteiger partial charge in [0.25, 0.3) is 0 Å². The van der Waals surface area contributed by atoms with E-state index in [0.717, 1.165) is 34.6 Å². The first kappa shape index (κ1) is 23.5. The average molecular weight is 462 g/mol. The third kappa shape index (κ3) is 7.17. The molecule has 1 N–H and O–H groups in total. The number of nitrogens with one attached hydrogen (secondary N) is 1. The van der Waals surface area contributed by atoms with Crippen LogP contribution in [0.1, 0.15) is 33.4 Å². The number of rotatable bonds is 9. The van der Waals surface area contributed by atoms with E-state index in [1.54, 1.807) is 7.11 Å². The summed E-state index contributed by atoms with van der Waals surface area (Å²) in [5.41, 5.74) is 7.35. The van der Waals surface area contributed by atoms with E-state index in [0.29, 0.717) is 0 Å². The first-order chi connectivity index (χ1) is 16.7. The molecule has 4 aromatic rings. The Labute approximate surface area is 206 Å². The lowest BCUT2D eigenvalue weighted by molar-refractivity contribution is 0.415. The van der Waals surface area contributed by atoms with Crippen molar-refractivity contribution in [1.82, 2.24) is 5.32 Å². The zero-order valence-corrected chi connectivity index (χ0v) is 21.9. The molecule has 0 fully saturated rings. The average Bonchev–Trinajstić information content (AvgIpc) is 2.89. The molecule has 2 nitrogen and oxygen atoms in total. The largest absolute Gasteiger partial charge is 0.497 e. The quantitative estimate of drug-likeness (QED) is 0.269. The highest BCUT2D eigenvalue weighted by molar-refractivity contribution is 6.32. The van der Waals surface area contributed by atoms with Crippen LogP contribution in [0.25, 0.3) is 24.3 Å². The Hall–Kier alpha value is -3.66. The van der Waals surface area contributed by atoms with E-state index in [1.165, 1.54) is 33.0 Å². The van der Waals surface area contributed by atoms with Gasteiger partial charge in [0.1, 0.15) is 5.75 Å². The topological polar surface area (TPSA) is 21.3 Å². The molecule has 0 atom stereocenters. The first-order valence-corrected chi connectivity index (χ1v) is 12.6. The van der Waals surface area contributed by atoms with Gasteiger partial charge in [-0.2, -0.15) is 0 Å². The lowest BCUT2D eigenvalue weighted by Crippen LogP contribution is -2.13. The van der Waals surface area contributed by atoms with E-state index >= 15 is 0 Å². The summed E-state index contributed by atoms with van der Waals surface area (Å²) >= 11 is 0. The number of hydrogen-bond donors (Lipinski definition) is 1. The molecule has 4 rings (SSSR count). The van der Waals surface area contributed by atoms with Crippen LogP contribution < -0.4 is 15.2 Å². The van der Waals surface area contributed by atoms with Crippen molar-refractivity contribution in [3.05, 3.63) is 130 Å². The molecule has 0 unspecified atom stereocenters. The molecular weight excluding hydrogens is 430 g/mol. The second-order valence-corrected chi connectivity index (χ2v) is 9.59. The van der Waals surface area contributed by atoms with Crippen molar-refractivity contribution in [2.24, 2.45) is 0 Å². The summed E-state index contributed by atoms with van der Waals surface area (Å²) in [7, 11) is 2.79. The zero-order chi connectivity index (χ0) is 23.6. The van der Waals surface area contributed by atoms with Crippen LogP contribution in [0.15, 0.2) is 97.1 Å². The molecule has 0 aliphatic carbocycles. The molecule has 0 amide bonds. The van der Waals surface area contributed by atoms with E-state index in [-0.39, 0.29) is 0 Å². The Kier molecular flexibility index (Phi) is 8.28.